The van der Waals surface area contributed by atoms with Crippen LogP contribution in [0.4, 0.5) is 0 Å². The normalized spacial score (nSPS) is 20.1. The minimum absolute atomic E-state index is 0.734. The molecule has 0 aliphatic heterocycles. The summed E-state index contributed by atoms with van der Waals surface area (Å²) in [7, 11) is 0. The van der Waals surface area contributed by atoms with Crippen molar-refractivity contribution in [1.29, 1.82) is 0 Å². The summed E-state index contributed by atoms with van der Waals surface area (Å²) in [6, 6.07) is 15.7. The summed E-state index contributed by atoms with van der Waals surface area (Å²) in [5.41, 5.74) is 8.95. The molecular weight excluding hydrogens is 223 g/mol. The van der Waals surface area contributed by atoms with Gasteiger partial charge in [-0.1, -0.05) is 0 Å². The molecular formula is C18H15Li. The molecule has 2 aliphatic rings. The third kappa shape index (κ3) is 1.83. The summed E-state index contributed by atoms with van der Waals surface area (Å²) in [5, 5.41) is 0. The van der Waals surface area contributed by atoms with Crippen LogP contribution < -0.4 is 0 Å². The zero-order chi connectivity index (χ0) is 12.8. The van der Waals surface area contributed by atoms with Crippen molar-refractivity contribution in [3.8, 4) is 0 Å². The minimum atomic E-state index is 0.734. The second kappa shape index (κ2) is 4.41. The Kier molecular flexibility index (Phi) is 2.69. The first kappa shape index (κ1) is 11.6. The van der Waals surface area contributed by atoms with Crippen LogP contribution in [0.3, 0.4) is 0 Å². The quantitative estimate of drug-likeness (QED) is 0.662. The molecule has 1 heteroatoms. The first-order valence-electron chi connectivity index (χ1n) is 7.24. The Morgan fingerprint density at radius 1 is 1.00 bits per heavy atom. The van der Waals surface area contributed by atoms with Crippen molar-refractivity contribution in [2.75, 3.05) is 0 Å². The van der Waals surface area contributed by atoms with Gasteiger partial charge in [-0.25, -0.2) is 0 Å². The molecule has 0 amide bonds. The van der Waals surface area contributed by atoms with Crippen molar-refractivity contribution in [2.45, 2.75) is 23.9 Å². The van der Waals surface area contributed by atoms with Gasteiger partial charge in [-0.15, -0.1) is 0 Å². The standard InChI is InChI=1S/C18H15.Li/c1-2-5-13(6-3-1)17-10-9-16-11-14-7-4-8-15(14)12-18(16)17;/h1-3,5-6,8,10-12H,4,7,9H2;. The van der Waals surface area contributed by atoms with Crippen LogP contribution in [0.5, 0.6) is 0 Å². The number of allylic oxidation sites excluding steroid dienone is 1. The molecule has 0 N–H and O–H groups in total. The summed E-state index contributed by atoms with van der Waals surface area (Å²) in [4.78, 5) is 0. The van der Waals surface area contributed by atoms with Gasteiger partial charge in [0, 0.05) is 0 Å². The van der Waals surface area contributed by atoms with Gasteiger partial charge in [0.15, 0.2) is 0 Å². The molecule has 2 aromatic carbocycles. The Hall–Kier alpha value is -1.22. The third-order valence-electron chi connectivity index (χ3n) is 4.64. The maximum atomic E-state index is 2.47. The van der Waals surface area contributed by atoms with Gasteiger partial charge >= 0.3 is 123 Å². The van der Waals surface area contributed by atoms with E-state index >= 15 is 0 Å². The molecule has 0 heterocycles. The van der Waals surface area contributed by atoms with Crippen molar-refractivity contribution >= 4 is 23.3 Å². The molecule has 1 atom stereocenters. The Morgan fingerprint density at radius 3 is 2.68 bits per heavy atom. The second-order valence-corrected chi connectivity index (χ2v) is 5.84. The molecule has 0 saturated heterocycles. The number of hydrogen-bond donors (Lipinski definition) is 0. The fraction of sp³-hybridized carbons (Fsp3) is 0.222. The van der Waals surface area contributed by atoms with Gasteiger partial charge in [0.1, 0.15) is 0 Å². The molecule has 1 unspecified atom stereocenters. The summed E-state index contributed by atoms with van der Waals surface area (Å²) >= 11 is 2.36. The molecule has 0 spiro atoms. The van der Waals surface area contributed by atoms with E-state index in [1.807, 2.05) is 0 Å². The number of fused-ring (bicyclic) bond motifs is 2. The van der Waals surface area contributed by atoms with Gasteiger partial charge < -0.3 is 0 Å². The van der Waals surface area contributed by atoms with E-state index in [-0.39, 0.29) is 0 Å². The van der Waals surface area contributed by atoms with Gasteiger partial charge in [0.05, 0.1) is 0 Å². The number of aryl methyl sites for hydroxylation is 1. The van der Waals surface area contributed by atoms with Gasteiger partial charge in [-0.2, -0.15) is 0 Å². The van der Waals surface area contributed by atoms with Crippen LogP contribution in [0.25, 0.3) is 5.57 Å². The van der Waals surface area contributed by atoms with E-state index < -0.39 is 0 Å². The van der Waals surface area contributed by atoms with Crippen LogP contribution in [0.2, 0.25) is 0 Å². The maximum absolute atomic E-state index is 2.47. The van der Waals surface area contributed by atoms with E-state index in [4.69, 9.17) is 0 Å². The first-order chi connectivity index (χ1) is 9.33. The van der Waals surface area contributed by atoms with E-state index in [9.17, 15) is 0 Å². The number of benzene rings is 2. The molecule has 0 aromatic heterocycles. The van der Waals surface area contributed by atoms with Crippen LogP contribution in [-0.2, 0) is 12.8 Å². The van der Waals surface area contributed by atoms with Crippen molar-refractivity contribution in [3.63, 3.8) is 0 Å². The molecule has 0 bridgehead atoms. The number of rotatable bonds is 1. The van der Waals surface area contributed by atoms with Crippen LogP contribution in [0, 0.1) is 0 Å². The molecule has 0 radical (unpaired) electrons. The Balaban J connectivity index is 1.84. The zero-order valence-electron chi connectivity index (χ0n) is 11.3. The van der Waals surface area contributed by atoms with E-state index in [2.05, 4.69) is 66.3 Å². The first-order valence-corrected chi connectivity index (χ1v) is 7.24. The fourth-order valence-electron chi connectivity index (χ4n) is 3.55. The Bertz CT molecular complexity index is 668. The van der Waals surface area contributed by atoms with E-state index in [1.165, 1.54) is 35.1 Å². The number of hydrogen-bond acceptors (Lipinski definition) is 0. The predicted molar refractivity (Wildman–Crippen MR) is 80.5 cm³/mol. The van der Waals surface area contributed by atoms with E-state index in [1.54, 1.807) is 11.1 Å². The average molecular weight is 238 g/mol. The molecule has 4 rings (SSSR count). The molecule has 0 saturated carbocycles. The molecule has 2 aliphatic carbocycles. The van der Waals surface area contributed by atoms with Crippen LogP contribution in [0.15, 0.2) is 48.5 Å². The SMILES string of the molecule is [Li][CH]1CCc2cc3c(cc21)C(c1ccccc1)=CC3. The van der Waals surface area contributed by atoms with Crippen LogP contribution in [0.1, 0.15) is 38.8 Å². The van der Waals surface area contributed by atoms with Crippen LogP contribution >= 0.6 is 0 Å². The van der Waals surface area contributed by atoms with Crippen LogP contribution in [-0.4, -0.2) is 17.7 Å². The molecule has 88 valence electrons. The fourth-order valence-corrected chi connectivity index (χ4v) is 3.55. The van der Waals surface area contributed by atoms with Crippen molar-refractivity contribution < 1.29 is 0 Å². The van der Waals surface area contributed by atoms with Gasteiger partial charge in [-0.3, -0.25) is 0 Å². The Labute approximate surface area is 123 Å². The summed E-state index contributed by atoms with van der Waals surface area (Å²) in [5.74, 6) is 0. The van der Waals surface area contributed by atoms with Crippen molar-refractivity contribution in [3.05, 3.63) is 76.4 Å². The van der Waals surface area contributed by atoms with E-state index in [0.29, 0.717) is 0 Å². The van der Waals surface area contributed by atoms with Crippen molar-refractivity contribution in [1.82, 2.24) is 0 Å². The molecule has 19 heavy (non-hydrogen) atoms. The second-order valence-electron chi connectivity index (χ2n) is 5.84. The molecule has 0 fully saturated rings. The van der Waals surface area contributed by atoms with Gasteiger partial charge in [0.2, 0.25) is 0 Å². The summed E-state index contributed by atoms with van der Waals surface area (Å²) in [6.07, 6.45) is 6.08. The molecule has 2 aromatic rings. The topological polar surface area (TPSA) is 0 Å². The Morgan fingerprint density at radius 2 is 1.84 bits per heavy atom. The van der Waals surface area contributed by atoms with Crippen molar-refractivity contribution in [2.24, 2.45) is 0 Å². The summed E-state index contributed by atoms with van der Waals surface area (Å²) < 4.78 is 0.734. The predicted octanol–water partition coefficient (Wildman–Crippen LogP) is 3.83. The summed E-state index contributed by atoms with van der Waals surface area (Å²) in [6.45, 7) is 0. The van der Waals surface area contributed by atoms with Gasteiger partial charge in [-0.05, 0) is 0 Å². The average Bonchev–Trinajstić information content (AvgIpc) is 3.02. The molecule has 0 nitrogen and oxygen atoms in total. The van der Waals surface area contributed by atoms with E-state index in [0.717, 1.165) is 11.0 Å². The monoisotopic (exact) mass is 238 g/mol. The third-order valence-corrected chi connectivity index (χ3v) is 4.64. The van der Waals surface area contributed by atoms with Gasteiger partial charge in [0.25, 0.3) is 0 Å². The zero-order valence-corrected chi connectivity index (χ0v) is 11.3.